The molecule has 0 saturated heterocycles. The molecule has 1 unspecified atom stereocenters. The van der Waals surface area contributed by atoms with Crippen LogP contribution in [0.25, 0.3) is 0 Å². The van der Waals surface area contributed by atoms with Gasteiger partial charge in [-0.25, -0.2) is 9.97 Å². The molecule has 1 aromatic heterocycles. The van der Waals surface area contributed by atoms with Crippen molar-refractivity contribution in [2.24, 2.45) is 5.92 Å². The van der Waals surface area contributed by atoms with Crippen LogP contribution in [0.4, 0.5) is 5.82 Å². The van der Waals surface area contributed by atoms with Gasteiger partial charge in [0.25, 0.3) is 0 Å². The molecule has 2 heterocycles. The number of aromatic nitrogens is 2. The van der Waals surface area contributed by atoms with Crippen LogP contribution in [0.1, 0.15) is 48.3 Å². The van der Waals surface area contributed by atoms with Gasteiger partial charge in [-0.05, 0) is 69.7 Å². The van der Waals surface area contributed by atoms with Crippen LogP contribution in [0, 0.1) is 12.8 Å². The molecule has 0 bridgehead atoms. The van der Waals surface area contributed by atoms with E-state index in [9.17, 15) is 4.79 Å². The number of aryl methyl sites for hydroxylation is 1. The first-order valence-electron chi connectivity index (χ1n) is 11.7. The van der Waals surface area contributed by atoms with Crippen LogP contribution < -0.4 is 9.64 Å². The van der Waals surface area contributed by atoms with Gasteiger partial charge in [0.05, 0.1) is 13.7 Å². The molecule has 6 nitrogen and oxygen atoms in total. The van der Waals surface area contributed by atoms with Crippen molar-refractivity contribution in [2.75, 3.05) is 32.1 Å². The first-order valence-corrected chi connectivity index (χ1v) is 11.7. The monoisotopic (exact) mass is 434 g/mol. The van der Waals surface area contributed by atoms with Crippen molar-refractivity contribution in [3.8, 4) is 5.75 Å². The molecule has 2 aliphatic rings. The maximum absolute atomic E-state index is 12.8. The Kier molecular flexibility index (Phi) is 7.20. The molecule has 6 heteroatoms. The maximum Gasteiger partial charge on any atom is 0.228 e. The van der Waals surface area contributed by atoms with E-state index in [0.29, 0.717) is 25.4 Å². The molecule has 1 amide bonds. The predicted octanol–water partition coefficient (Wildman–Crippen LogP) is 4.10. The van der Waals surface area contributed by atoms with Crippen LogP contribution in [0.3, 0.4) is 0 Å². The zero-order valence-electron chi connectivity index (χ0n) is 19.5. The summed E-state index contributed by atoms with van der Waals surface area (Å²) >= 11 is 0. The largest absolute Gasteiger partial charge is 0.497 e. The third-order valence-electron chi connectivity index (χ3n) is 6.50. The number of methoxy groups -OCH3 is 1. The van der Waals surface area contributed by atoms with E-state index >= 15 is 0 Å². The summed E-state index contributed by atoms with van der Waals surface area (Å²) in [6.07, 6.45) is 10.2. The number of fused-ring (bicyclic) bond motifs is 1. The third-order valence-corrected chi connectivity index (χ3v) is 6.50. The molecule has 4 rings (SSSR count). The Labute approximate surface area is 191 Å². The van der Waals surface area contributed by atoms with Crippen molar-refractivity contribution in [3.05, 3.63) is 59.1 Å². The molecule has 0 fully saturated rings. The first kappa shape index (κ1) is 22.5. The van der Waals surface area contributed by atoms with Crippen molar-refractivity contribution in [1.29, 1.82) is 0 Å². The number of carbonyl (C=O) groups excluding carboxylic acids is 1. The number of benzene rings is 1. The number of hydrogen-bond acceptors (Lipinski definition) is 5. The van der Waals surface area contributed by atoms with Gasteiger partial charge in [0.1, 0.15) is 17.4 Å². The smallest absolute Gasteiger partial charge is 0.228 e. The number of rotatable bonds is 8. The summed E-state index contributed by atoms with van der Waals surface area (Å²) in [6.45, 7) is 4.40. The summed E-state index contributed by atoms with van der Waals surface area (Å²) in [5.74, 6) is 3.29. The van der Waals surface area contributed by atoms with Gasteiger partial charge in [-0.2, -0.15) is 0 Å². The van der Waals surface area contributed by atoms with Gasteiger partial charge in [-0.3, -0.25) is 14.6 Å². The topological polar surface area (TPSA) is 58.6 Å². The van der Waals surface area contributed by atoms with Gasteiger partial charge in [0.2, 0.25) is 5.91 Å². The molecule has 0 spiro atoms. The van der Waals surface area contributed by atoms with Crippen LogP contribution in [-0.2, 0) is 24.2 Å². The second kappa shape index (κ2) is 10.3. The molecular weight excluding hydrogens is 400 g/mol. The number of amides is 1. The lowest BCUT2D eigenvalue weighted by Crippen LogP contribution is -2.38. The number of nitrogens with zero attached hydrogens (tertiary/aromatic N) is 4. The van der Waals surface area contributed by atoms with Gasteiger partial charge < -0.3 is 4.74 Å². The summed E-state index contributed by atoms with van der Waals surface area (Å²) < 4.78 is 5.34. The quantitative estimate of drug-likeness (QED) is 0.586. The minimum atomic E-state index is 0.145. The summed E-state index contributed by atoms with van der Waals surface area (Å²) in [4.78, 5) is 26.7. The second-order valence-corrected chi connectivity index (χ2v) is 9.02. The van der Waals surface area contributed by atoms with Gasteiger partial charge in [0.15, 0.2) is 0 Å². The minimum absolute atomic E-state index is 0.145. The lowest BCUT2D eigenvalue weighted by molar-refractivity contribution is -0.118. The molecular formula is C26H34N4O2. The number of hydrogen-bond donors (Lipinski definition) is 0. The molecule has 1 aliphatic heterocycles. The Balaban J connectivity index is 1.49. The average molecular weight is 435 g/mol. The van der Waals surface area contributed by atoms with Crippen molar-refractivity contribution in [2.45, 2.75) is 52.0 Å². The third kappa shape index (κ3) is 5.36. The van der Waals surface area contributed by atoms with Crippen molar-refractivity contribution >= 4 is 11.7 Å². The highest BCUT2D eigenvalue weighted by Crippen LogP contribution is 2.29. The highest BCUT2D eigenvalue weighted by molar-refractivity contribution is 5.95. The number of carbonyl (C=O) groups is 1. The van der Waals surface area contributed by atoms with Gasteiger partial charge in [0, 0.05) is 30.8 Å². The minimum Gasteiger partial charge on any atom is -0.497 e. The molecule has 1 aromatic carbocycles. The molecule has 0 saturated carbocycles. The van der Waals surface area contributed by atoms with E-state index in [4.69, 9.17) is 14.7 Å². The van der Waals surface area contributed by atoms with E-state index in [1.54, 1.807) is 7.11 Å². The second-order valence-electron chi connectivity index (χ2n) is 9.02. The summed E-state index contributed by atoms with van der Waals surface area (Å²) in [7, 11) is 3.81. The summed E-state index contributed by atoms with van der Waals surface area (Å²) in [5, 5.41) is 0. The molecule has 170 valence electrons. The van der Waals surface area contributed by atoms with Gasteiger partial charge >= 0.3 is 0 Å². The van der Waals surface area contributed by atoms with Crippen LogP contribution in [0.5, 0.6) is 5.75 Å². The van der Waals surface area contributed by atoms with Gasteiger partial charge in [-0.15, -0.1) is 0 Å². The highest BCUT2D eigenvalue weighted by atomic mass is 16.5. The normalized spacial score (nSPS) is 18.2. The number of ether oxygens (including phenoxy) is 1. The van der Waals surface area contributed by atoms with E-state index in [1.165, 1.54) is 12.8 Å². The number of allylic oxidation sites excluding steroid dienone is 2. The molecule has 32 heavy (non-hydrogen) atoms. The number of anilines is 1. The average Bonchev–Trinajstić information content (AvgIpc) is 2.79. The van der Waals surface area contributed by atoms with E-state index in [1.807, 2.05) is 30.0 Å². The Bertz CT molecular complexity index is 988. The van der Waals surface area contributed by atoms with Crippen molar-refractivity contribution in [3.63, 3.8) is 0 Å². The molecule has 0 radical (unpaired) electrons. The fraction of sp³-hybridized carbons (Fsp3) is 0.500. The lowest BCUT2D eigenvalue weighted by atomic mass is 9.94. The van der Waals surface area contributed by atoms with E-state index in [0.717, 1.165) is 60.0 Å². The fourth-order valence-electron chi connectivity index (χ4n) is 4.78. The van der Waals surface area contributed by atoms with Crippen LogP contribution in [0.15, 0.2) is 36.4 Å². The molecule has 0 N–H and O–H groups in total. The van der Waals surface area contributed by atoms with E-state index < -0.39 is 0 Å². The maximum atomic E-state index is 12.8. The molecule has 1 aliphatic carbocycles. The van der Waals surface area contributed by atoms with Gasteiger partial charge in [-0.1, -0.05) is 24.3 Å². The Hall–Kier alpha value is -2.73. The fourth-order valence-corrected chi connectivity index (χ4v) is 4.78. The Morgan fingerprint density at radius 2 is 2.09 bits per heavy atom. The Morgan fingerprint density at radius 1 is 1.22 bits per heavy atom. The van der Waals surface area contributed by atoms with E-state index in [-0.39, 0.29) is 5.91 Å². The highest BCUT2D eigenvalue weighted by Gasteiger charge is 2.28. The predicted molar refractivity (Wildman–Crippen MR) is 127 cm³/mol. The Morgan fingerprint density at radius 3 is 2.88 bits per heavy atom. The van der Waals surface area contributed by atoms with Crippen LogP contribution in [0.2, 0.25) is 0 Å². The first-order chi connectivity index (χ1) is 15.5. The van der Waals surface area contributed by atoms with Crippen LogP contribution >= 0.6 is 0 Å². The standard InChI is InChI=1S/C26H34N4O2/c1-19-23-12-13-25(31)30(15-14-20-10-7-11-22(16-20)32-3)26(23)28-24(27-19)18-29(2)17-21-8-5-4-6-9-21/h4-5,7,10-11,16,21H,6,8-9,12-15,17-18H2,1-3H3. The summed E-state index contributed by atoms with van der Waals surface area (Å²) in [6, 6.07) is 8.03. The van der Waals surface area contributed by atoms with Crippen LogP contribution in [-0.4, -0.2) is 48.0 Å². The summed E-state index contributed by atoms with van der Waals surface area (Å²) in [5.41, 5.74) is 3.26. The van der Waals surface area contributed by atoms with E-state index in [2.05, 4.69) is 30.2 Å². The van der Waals surface area contributed by atoms with Crippen molar-refractivity contribution < 1.29 is 9.53 Å². The van der Waals surface area contributed by atoms with Crippen molar-refractivity contribution in [1.82, 2.24) is 14.9 Å². The molecule has 1 atom stereocenters. The molecule has 2 aromatic rings. The SMILES string of the molecule is COc1cccc(CCN2C(=O)CCc3c(C)nc(CN(C)CC4CC=CCC4)nc32)c1. The zero-order chi connectivity index (χ0) is 22.5. The zero-order valence-corrected chi connectivity index (χ0v) is 19.5. The lowest BCUT2D eigenvalue weighted by Gasteiger charge is -2.30.